The number of fused-ring (bicyclic) bond motifs is 1. The molecule has 0 spiro atoms. The Balaban J connectivity index is 2.31. The monoisotopic (exact) mass is 291 g/mol. The molecule has 0 bridgehead atoms. The first kappa shape index (κ1) is 12.9. The van der Waals surface area contributed by atoms with Crippen LogP contribution in [-0.2, 0) is 5.88 Å². The highest BCUT2D eigenvalue weighted by Gasteiger charge is 2.14. The zero-order valence-electron chi connectivity index (χ0n) is 10.7. The number of hydrogen-bond acceptors (Lipinski definition) is 3. The molecule has 4 nitrogen and oxygen atoms in total. The lowest BCUT2D eigenvalue weighted by atomic mass is 10.3. The normalized spacial score (nSPS) is 10.9. The van der Waals surface area contributed by atoms with Crippen molar-refractivity contribution in [3.63, 3.8) is 0 Å². The third kappa shape index (κ3) is 2.10. The van der Waals surface area contributed by atoms with Crippen molar-refractivity contribution in [2.24, 2.45) is 0 Å². The molecule has 0 saturated heterocycles. The second-order valence-electron chi connectivity index (χ2n) is 4.17. The Morgan fingerprint density at radius 3 is 2.80 bits per heavy atom. The van der Waals surface area contributed by atoms with Gasteiger partial charge in [-0.2, -0.15) is 4.98 Å². The first-order chi connectivity index (χ1) is 9.72. The number of halogens is 2. The molecule has 0 atom stereocenters. The standard InChI is InChI=1S/C14H11ClFN3O/c1-20-13-6-5-11-14(18-13)19(12(8-15)17-11)10-4-2-3-9(16)7-10/h2-7H,8H2,1H3. The molecule has 0 fully saturated rings. The van der Waals surface area contributed by atoms with E-state index in [0.717, 1.165) is 0 Å². The van der Waals surface area contributed by atoms with Gasteiger partial charge in [-0.05, 0) is 24.3 Å². The summed E-state index contributed by atoms with van der Waals surface area (Å²) in [6, 6.07) is 9.74. The maximum atomic E-state index is 13.4. The summed E-state index contributed by atoms with van der Waals surface area (Å²) >= 11 is 5.93. The first-order valence-electron chi connectivity index (χ1n) is 5.97. The van der Waals surface area contributed by atoms with Gasteiger partial charge >= 0.3 is 0 Å². The lowest BCUT2D eigenvalue weighted by molar-refractivity contribution is 0.399. The molecule has 0 aliphatic rings. The van der Waals surface area contributed by atoms with Crippen LogP contribution in [0.15, 0.2) is 36.4 Å². The summed E-state index contributed by atoms with van der Waals surface area (Å²) in [4.78, 5) is 8.77. The van der Waals surface area contributed by atoms with Gasteiger partial charge < -0.3 is 4.74 Å². The number of benzene rings is 1. The predicted molar refractivity (Wildman–Crippen MR) is 74.9 cm³/mol. The van der Waals surface area contributed by atoms with Crippen LogP contribution in [0.3, 0.4) is 0 Å². The van der Waals surface area contributed by atoms with Gasteiger partial charge in [0.1, 0.15) is 17.2 Å². The van der Waals surface area contributed by atoms with Gasteiger partial charge in [-0.3, -0.25) is 4.57 Å². The molecular formula is C14H11ClFN3O. The number of nitrogens with zero attached hydrogens (tertiary/aromatic N) is 3. The van der Waals surface area contributed by atoms with Crippen molar-refractivity contribution in [1.82, 2.24) is 14.5 Å². The van der Waals surface area contributed by atoms with E-state index in [1.165, 1.54) is 12.1 Å². The summed E-state index contributed by atoms with van der Waals surface area (Å²) in [6.45, 7) is 0. The quantitative estimate of drug-likeness (QED) is 0.695. The summed E-state index contributed by atoms with van der Waals surface area (Å²) in [5, 5.41) is 0. The second-order valence-corrected chi connectivity index (χ2v) is 4.44. The average molecular weight is 292 g/mol. The molecule has 0 amide bonds. The molecule has 0 unspecified atom stereocenters. The molecule has 0 aliphatic carbocycles. The Kier molecular flexibility index (Phi) is 3.28. The number of ether oxygens (including phenoxy) is 1. The van der Waals surface area contributed by atoms with Gasteiger partial charge in [-0.1, -0.05) is 6.07 Å². The van der Waals surface area contributed by atoms with Crippen molar-refractivity contribution in [1.29, 1.82) is 0 Å². The Morgan fingerprint density at radius 1 is 1.25 bits per heavy atom. The van der Waals surface area contributed by atoms with Gasteiger partial charge in [-0.25, -0.2) is 9.37 Å². The molecule has 0 N–H and O–H groups in total. The molecule has 0 saturated carbocycles. The van der Waals surface area contributed by atoms with Crippen LogP contribution in [0.5, 0.6) is 5.88 Å². The summed E-state index contributed by atoms with van der Waals surface area (Å²) in [5.41, 5.74) is 1.90. The van der Waals surface area contributed by atoms with Gasteiger partial charge in [0.25, 0.3) is 0 Å². The van der Waals surface area contributed by atoms with Gasteiger partial charge in [0.2, 0.25) is 5.88 Å². The number of pyridine rings is 1. The van der Waals surface area contributed by atoms with Crippen molar-refractivity contribution in [3.05, 3.63) is 48.0 Å². The Hall–Kier alpha value is -2.14. The highest BCUT2D eigenvalue weighted by atomic mass is 35.5. The lowest BCUT2D eigenvalue weighted by Gasteiger charge is -2.07. The molecule has 102 valence electrons. The number of alkyl halides is 1. The highest BCUT2D eigenvalue weighted by molar-refractivity contribution is 6.16. The third-order valence-corrected chi connectivity index (χ3v) is 3.18. The maximum absolute atomic E-state index is 13.4. The van der Waals surface area contributed by atoms with Crippen LogP contribution in [0, 0.1) is 5.82 Å². The number of rotatable bonds is 3. The average Bonchev–Trinajstić information content (AvgIpc) is 2.84. The zero-order chi connectivity index (χ0) is 14.1. The first-order valence-corrected chi connectivity index (χ1v) is 6.50. The minimum Gasteiger partial charge on any atom is -0.481 e. The van der Waals surface area contributed by atoms with Crippen molar-refractivity contribution in [2.45, 2.75) is 5.88 Å². The second kappa shape index (κ2) is 5.09. The highest BCUT2D eigenvalue weighted by Crippen LogP contribution is 2.23. The topological polar surface area (TPSA) is 39.9 Å². The minimum absolute atomic E-state index is 0.204. The molecule has 3 aromatic rings. The van der Waals surface area contributed by atoms with Gasteiger partial charge in [0, 0.05) is 6.07 Å². The fourth-order valence-corrected chi connectivity index (χ4v) is 2.26. The fourth-order valence-electron chi connectivity index (χ4n) is 2.08. The van der Waals surface area contributed by atoms with Crippen LogP contribution < -0.4 is 4.74 Å². The van der Waals surface area contributed by atoms with Crippen LogP contribution in [-0.4, -0.2) is 21.6 Å². The maximum Gasteiger partial charge on any atom is 0.215 e. The van der Waals surface area contributed by atoms with Crippen molar-refractivity contribution in [2.75, 3.05) is 7.11 Å². The van der Waals surface area contributed by atoms with Crippen molar-refractivity contribution in [3.8, 4) is 11.6 Å². The van der Waals surface area contributed by atoms with E-state index in [4.69, 9.17) is 16.3 Å². The predicted octanol–water partition coefficient (Wildman–Crippen LogP) is 3.31. The van der Waals surface area contributed by atoms with Gasteiger partial charge in [0.05, 0.1) is 18.7 Å². The minimum atomic E-state index is -0.326. The van der Waals surface area contributed by atoms with Gasteiger partial charge in [-0.15, -0.1) is 11.6 Å². The zero-order valence-corrected chi connectivity index (χ0v) is 11.4. The summed E-state index contributed by atoms with van der Waals surface area (Å²) in [6.07, 6.45) is 0. The Bertz CT molecular complexity index is 772. The number of aromatic nitrogens is 3. The Morgan fingerprint density at radius 2 is 2.10 bits per heavy atom. The molecule has 6 heteroatoms. The summed E-state index contributed by atoms with van der Waals surface area (Å²) in [5.74, 6) is 0.951. The van der Waals surface area contributed by atoms with E-state index < -0.39 is 0 Å². The van der Waals surface area contributed by atoms with E-state index in [1.807, 2.05) is 0 Å². The van der Waals surface area contributed by atoms with Crippen molar-refractivity contribution < 1.29 is 9.13 Å². The van der Waals surface area contributed by atoms with E-state index in [0.29, 0.717) is 28.6 Å². The smallest absolute Gasteiger partial charge is 0.215 e. The van der Waals surface area contributed by atoms with Crippen LogP contribution in [0.1, 0.15) is 5.82 Å². The Labute approximate surface area is 119 Å². The van der Waals surface area contributed by atoms with E-state index >= 15 is 0 Å². The van der Waals surface area contributed by atoms with E-state index in [1.54, 1.807) is 35.9 Å². The van der Waals surface area contributed by atoms with Crippen LogP contribution in [0.4, 0.5) is 4.39 Å². The molecule has 0 radical (unpaired) electrons. The van der Waals surface area contributed by atoms with E-state index in [9.17, 15) is 4.39 Å². The molecular weight excluding hydrogens is 281 g/mol. The lowest BCUT2D eigenvalue weighted by Crippen LogP contribution is -2.01. The largest absolute Gasteiger partial charge is 0.481 e. The van der Waals surface area contributed by atoms with Crippen molar-refractivity contribution >= 4 is 22.8 Å². The van der Waals surface area contributed by atoms with E-state index in [-0.39, 0.29) is 11.7 Å². The molecule has 2 heterocycles. The molecule has 1 aromatic carbocycles. The third-order valence-electron chi connectivity index (χ3n) is 2.94. The SMILES string of the molecule is COc1ccc2nc(CCl)n(-c3cccc(F)c3)c2n1. The fraction of sp³-hybridized carbons (Fsp3) is 0.143. The number of hydrogen-bond donors (Lipinski definition) is 0. The summed E-state index contributed by atoms with van der Waals surface area (Å²) < 4.78 is 20.3. The molecule has 3 rings (SSSR count). The van der Waals surface area contributed by atoms with Crippen LogP contribution in [0.25, 0.3) is 16.9 Å². The van der Waals surface area contributed by atoms with Gasteiger partial charge in [0.15, 0.2) is 5.65 Å². The molecule has 0 aliphatic heterocycles. The van der Waals surface area contributed by atoms with Crippen LogP contribution >= 0.6 is 11.6 Å². The molecule has 20 heavy (non-hydrogen) atoms. The van der Waals surface area contributed by atoms with Crippen LogP contribution in [0.2, 0.25) is 0 Å². The van der Waals surface area contributed by atoms with E-state index in [2.05, 4.69) is 9.97 Å². The summed E-state index contributed by atoms with van der Waals surface area (Å²) in [7, 11) is 1.54. The number of methoxy groups -OCH3 is 1. The molecule has 2 aromatic heterocycles. The number of imidazole rings is 1.